The average molecular weight is 257 g/mol. The van der Waals surface area contributed by atoms with E-state index in [0.717, 1.165) is 26.0 Å². The van der Waals surface area contributed by atoms with Gasteiger partial charge >= 0.3 is 0 Å². The van der Waals surface area contributed by atoms with Crippen molar-refractivity contribution in [2.45, 2.75) is 69.9 Å². The molecule has 0 aliphatic heterocycles. The lowest BCUT2D eigenvalue weighted by atomic mass is 9.77. The van der Waals surface area contributed by atoms with Crippen LogP contribution < -0.4 is 5.32 Å². The SMILES string of the molecule is CCCNC(CCCOC)C1(OC)CCCCC1. The van der Waals surface area contributed by atoms with Gasteiger partial charge in [-0.1, -0.05) is 26.2 Å². The van der Waals surface area contributed by atoms with E-state index in [9.17, 15) is 0 Å². The summed E-state index contributed by atoms with van der Waals surface area (Å²) in [5, 5.41) is 3.71. The topological polar surface area (TPSA) is 30.5 Å². The van der Waals surface area contributed by atoms with Crippen molar-refractivity contribution < 1.29 is 9.47 Å². The third kappa shape index (κ3) is 4.52. The summed E-state index contributed by atoms with van der Waals surface area (Å²) in [4.78, 5) is 0. The summed E-state index contributed by atoms with van der Waals surface area (Å²) in [7, 11) is 3.67. The third-order valence-electron chi connectivity index (χ3n) is 4.22. The van der Waals surface area contributed by atoms with E-state index >= 15 is 0 Å². The van der Waals surface area contributed by atoms with Crippen molar-refractivity contribution in [3.63, 3.8) is 0 Å². The van der Waals surface area contributed by atoms with Gasteiger partial charge in [0.25, 0.3) is 0 Å². The van der Waals surface area contributed by atoms with Crippen molar-refractivity contribution in [3.8, 4) is 0 Å². The second-order valence-electron chi connectivity index (χ2n) is 5.47. The van der Waals surface area contributed by atoms with Crippen LogP contribution in [0.1, 0.15) is 58.3 Å². The predicted octanol–water partition coefficient (Wildman–Crippen LogP) is 3.13. The van der Waals surface area contributed by atoms with Crippen molar-refractivity contribution in [3.05, 3.63) is 0 Å². The van der Waals surface area contributed by atoms with Gasteiger partial charge in [-0.25, -0.2) is 0 Å². The Hall–Kier alpha value is -0.120. The lowest BCUT2D eigenvalue weighted by Gasteiger charge is -2.43. The van der Waals surface area contributed by atoms with Crippen LogP contribution in [0.2, 0.25) is 0 Å². The molecule has 0 saturated heterocycles. The van der Waals surface area contributed by atoms with Crippen LogP contribution in [0.4, 0.5) is 0 Å². The standard InChI is InChI=1S/C15H31NO2/c1-4-12-16-14(9-8-13-17-2)15(18-3)10-6-5-7-11-15/h14,16H,4-13H2,1-3H3. The Morgan fingerprint density at radius 1 is 1.17 bits per heavy atom. The Balaban J connectivity index is 2.58. The lowest BCUT2D eigenvalue weighted by molar-refractivity contribution is -0.0704. The molecule has 18 heavy (non-hydrogen) atoms. The minimum Gasteiger partial charge on any atom is -0.385 e. The second-order valence-corrected chi connectivity index (χ2v) is 5.47. The molecule has 0 amide bonds. The molecular formula is C15H31NO2. The predicted molar refractivity (Wildman–Crippen MR) is 76.0 cm³/mol. The zero-order valence-electron chi connectivity index (χ0n) is 12.5. The fourth-order valence-electron chi connectivity index (χ4n) is 3.15. The van der Waals surface area contributed by atoms with Crippen LogP contribution in [0.15, 0.2) is 0 Å². The molecule has 1 aliphatic carbocycles. The van der Waals surface area contributed by atoms with E-state index in [4.69, 9.17) is 9.47 Å². The number of methoxy groups -OCH3 is 2. The summed E-state index contributed by atoms with van der Waals surface area (Å²) >= 11 is 0. The van der Waals surface area contributed by atoms with E-state index in [2.05, 4.69) is 12.2 Å². The summed E-state index contributed by atoms with van der Waals surface area (Å²) < 4.78 is 11.1. The molecule has 0 aromatic carbocycles. The van der Waals surface area contributed by atoms with Crippen molar-refractivity contribution in [1.29, 1.82) is 0 Å². The van der Waals surface area contributed by atoms with Crippen LogP contribution in [-0.2, 0) is 9.47 Å². The molecule has 0 spiro atoms. The molecule has 0 radical (unpaired) electrons. The zero-order valence-corrected chi connectivity index (χ0v) is 12.5. The van der Waals surface area contributed by atoms with Gasteiger partial charge in [0.05, 0.1) is 5.60 Å². The van der Waals surface area contributed by atoms with Gasteiger partial charge in [0, 0.05) is 26.9 Å². The summed E-state index contributed by atoms with van der Waals surface area (Å²) in [6, 6.07) is 0.484. The van der Waals surface area contributed by atoms with Crippen molar-refractivity contribution in [1.82, 2.24) is 5.32 Å². The number of nitrogens with one attached hydrogen (secondary N) is 1. The van der Waals surface area contributed by atoms with Crippen molar-refractivity contribution in [2.24, 2.45) is 0 Å². The molecule has 1 N–H and O–H groups in total. The highest BCUT2D eigenvalue weighted by molar-refractivity contribution is 4.95. The molecule has 1 fully saturated rings. The molecule has 0 aromatic heterocycles. The quantitative estimate of drug-likeness (QED) is 0.644. The van der Waals surface area contributed by atoms with E-state index in [1.807, 2.05) is 7.11 Å². The van der Waals surface area contributed by atoms with Crippen LogP contribution in [0, 0.1) is 0 Å². The van der Waals surface area contributed by atoms with Crippen molar-refractivity contribution in [2.75, 3.05) is 27.4 Å². The Morgan fingerprint density at radius 2 is 1.89 bits per heavy atom. The highest BCUT2D eigenvalue weighted by Gasteiger charge is 2.39. The van der Waals surface area contributed by atoms with Gasteiger partial charge in [0.2, 0.25) is 0 Å². The van der Waals surface area contributed by atoms with Crippen LogP contribution in [-0.4, -0.2) is 39.0 Å². The minimum atomic E-state index is 0.0706. The maximum atomic E-state index is 5.97. The van der Waals surface area contributed by atoms with Gasteiger partial charge in [0.15, 0.2) is 0 Å². The maximum absolute atomic E-state index is 5.97. The molecular weight excluding hydrogens is 226 g/mol. The molecule has 1 unspecified atom stereocenters. The molecule has 1 rings (SSSR count). The van der Waals surface area contributed by atoms with Gasteiger partial charge in [-0.15, -0.1) is 0 Å². The highest BCUT2D eigenvalue weighted by atomic mass is 16.5. The van der Waals surface area contributed by atoms with Gasteiger partial charge in [-0.05, 0) is 38.6 Å². The Morgan fingerprint density at radius 3 is 2.44 bits per heavy atom. The summed E-state index contributed by atoms with van der Waals surface area (Å²) in [6.07, 6.45) is 9.84. The Bertz CT molecular complexity index is 203. The van der Waals surface area contributed by atoms with Crippen LogP contribution in [0.25, 0.3) is 0 Å². The molecule has 3 nitrogen and oxygen atoms in total. The van der Waals surface area contributed by atoms with Gasteiger partial charge in [-0.2, -0.15) is 0 Å². The zero-order chi connectivity index (χ0) is 13.3. The van der Waals surface area contributed by atoms with E-state index in [1.54, 1.807) is 7.11 Å². The van der Waals surface area contributed by atoms with E-state index in [0.29, 0.717) is 6.04 Å². The first kappa shape index (κ1) is 15.9. The molecule has 0 bridgehead atoms. The largest absolute Gasteiger partial charge is 0.385 e. The van der Waals surface area contributed by atoms with Crippen LogP contribution in [0.3, 0.4) is 0 Å². The molecule has 0 heterocycles. The minimum absolute atomic E-state index is 0.0706. The van der Waals surface area contributed by atoms with Crippen LogP contribution >= 0.6 is 0 Å². The van der Waals surface area contributed by atoms with E-state index < -0.39 is 0 Å². The fraction of sp³-hybridized carbons (Fsp3) is 1.00. The first-order valence-electron chi connectivity index (χ1n) is 7.56. The average Bonchev–Trinajstić information content (AvgIpc) is 2.43. The lowest BCUT2D eigenvalue weighted by Crippen LogP contribution is -2.53. The molecule has 3 heteroatoms. The number of hydrogen-bond donors (Lipinski definition) is 1. The number of ether oxygens (including phenoxy) is 2. The molecule has 1 atom stereocenters. The van der Waals surface area contributed by atoms with E-state index in [1.165, 1.54) is 38.5 Å². The summed E-state index contributed by atoms with van der Waals surface area (Å²) in [6.45, 7) is 4.16. The summed E-state index contributed by atoms with van der Waals surface area (Å²) in [5.74, 6) is 0. The molecule has 108 valence electrons. The van der Waals surface area contributed by atoms with Crippen molar-refractivity contribution >= 4 is 0 Å². The first-order valence-corrected chi connectivity index (χ1v) is 7.56. The Labute approximate surface area is 113 Å². The van der Waals surface area contributed by atoms with Gasteiger partial charge in [0.1, 0.15) is 0 Å². The molecule has 1 saturated carbocycles. The van der Waals surface area contributed by atoms with Crippen LogP contribution in [0.5, 0.6) is 0 Å². The fourth-order valence-corrected chi connectivity index (χ4v) is 3.15. The third-order valence-corrected chi connectivity index (χ3v) is 4.22. The molecule has 0 aromatic rings. The monoisotopic (exact) mass is 257 g/mol. The van der Waals surface area contributed by atoms with Gasteiger partial charge < -0.3 is 14.8 Å². The highest BCUT2D eigenvalue weighted by Crippen LogP contribution is 2.35. The first-order chi connectivity index (χ1) is 8.79. The second kappa shape index (κ2) is 8.89. The molecule has 1 aliphatic rings. The smallest absolute Gasteiger partial charge is 0.0830 e. The van der Waals surface area contributed by atoms with E-state index in [-0.39, 0.29) is 5.60 Å². The Kier molecular flexibility index (Phi) is 7.87. The number of hydrogen-bond acceptors (Lipinski definition) is 3. The maximum Gasteiger partial charge on any atom is 0.0830 e. The normalized spacial score (nSPS) is 20.8. The van der Waals surface area contributed by atoms with Gasteiger partial charge in [-0.3, -0.25) is 0 Å². The number of rotatable bonds is 9. The summed E-state index contributed by atoms with van der Waals surface area (Å²) in [5.41, 5.74) is 0.0706.